The lowest BCUT2D eigenvalue weighted by molar-refractivity contribution is -0.132. The van der Waals surface area contributed by atoms with E-state index in [1.165, 1.54) is 4.90 Å². The second kappa shape index (κ2) is 10.6. The summed E-state index contributed by atoms with van der Waals surface area (Å²) in [7, 11) is 0. The molecule has 6 heteroatoms. The third-order valence-electron chi connectivity index (χ3n) is 6.74. The molecule has 0 radical (unpaired) electrons. The van der Waals surface area contributed by atoms with Gasteiger partial charge >= 0.3 is 0 Å². The molecule has 3 aromatic carbocycles. The van der Waals surface area contributed by atoms with E-state index >= 15 is 0 Å². The van der Waals surface area contributed by atoms with Crippen molar-refractivity contribution in [2.45, 2.75) is 32.4 Å². The third-order valence-corrected chi connectivity index (χ3v) is 6.74. The predicted molar refractivity (Wildman–Crippen MR) is 141 cm³/mol. The van der Waals surface area contributed by atoms with Crippen LogP contribution >= 0.6 is 0 Å². The molecule has 0 bridgehead atoms. The smallest absolute Gasteiger partial charge is 0.299 e. The quantitative estimate of drug-likeness (QED) is 0.275. The summed E-state index contributed by atoms with van der Waals surface area (Å²) in [6.45, 7) is 1.97. The van der Waals surface area contributed by atoms with Gasteiger partial charge in [0.05, 0.1) is 12.1 Å². The van der Waals surface area contributed by atoms with Gasteiger partial charge in [0.15, 0.2) is 0 Å². The van der Waals surface area contributed by atoms with Crippen molar-refractivity contribution in [3.63, 3.8) is 0 Å². The van der Waals surface area contributed by atoms with Crippen LogP contribution in [0.4, 0.5) is 5.69 Å². The number of nitrogens with zero attached hydrogens (tertiary/aromatic N) is 3. The molecule has 1 aliphatic heterocycles. The van der Waals surface area contributed by atoms with Crippen LogP contribution in [0.2, 0.25) is 0 Å². The molecule has 6 nitrogen and oxygen atoms in total. The number of hydrogen-bond donors (Lipinski definition) is 0. The van der Waals surface area contributed by atoms with Gasteiger partial charge in [0.25, 0.3) is 11.7 Å². The number of para-hydroxylation sites is 2. The Bertz CT molecular complexity index is 1370. The maximum Gasteiger partial charge on any atom is 0.299 e. The van der Waals surface area contributed by atoms with Crippen LogP contribution in [0, 0.1) is 0 Å². The van der Waals surface area contributed by atoms with Gasteiger partial charge in [-0.3, -0.25) is 14.4 Å². The van der Waals surface area contributed by atoms with E-state index in [1.54, 1.807) is 10.8 Å². The highest BCUT2D eigenvalue weighted by molar-refractivity contribution is 6.48. The fourth-order valence-corrected chi connectivity index (χ4v) is 4.84. The molecule has 4 aromatic rings. The van der Waals surface area contributed by atoms with Crippen molar-refractivity contribution < 1.29 is 14.4 Å². The Kier molecular flexibility index (Phi) is 6.94. The number of benzene rings is 3. The average Bonchev–Trinajstić information content (AvgIpc) is 3.30. The zero-order chi connectivity index (χ0) is 24.9. The lowest BCUT2D eigenvalue weighted by Crippen LogP contribution is -2.37. The standard InChI is InChI=1S/C30H29N3O3/c34-28(31-18-10-3-11-19-31)22-32-21-26(25-16-8-9-17-27(25)32)29(35)30(36)33(24-14-6-2-7-15-24)20-23-12-4-1-5-13-23/h1-2,4-9,12-17,21H,3,10-11,18-20,22H2. The van der Waals surface area contributed by atoms with Crippen LogP contribution in [-0.4, -0.2) is 40.2 Å². The number of anilines is 1. The van der Waals surface area contributed by atoms with Crippen LogP contribution < -0.4 is 4.90 Å². The highest BCUT2D eigenvalue weighted by Gasteiger charge is 2.28. The summed E-state index contributed by atoms with van der Waals surface area (Å²) in [5.41, 5.74) is 2.67. The first-order chi connectivity index (χ1) is 17.6. The van der Waals surface area contributed by atoms with E-state index in [4.69, 9.17) is 0 Å². The van der Waals surface area contributed by atoms with E-state index in [-0.39, 0.29) is 19.0 Å². The maximum atomic E-state index is 13.7. The predicted octanol–water partition coefficient (Wildman–Crippen LogP) is 5.07. The highest BCUT2D eigenvalue weighted by atomic mass is 16.2. The van der Waals surface area contributed by atoms with Crippen LogP contribution in [0.15, 0.2) is 91.1 Å². The lowest BCUT2D eigenvalue weighted by atomic mass is 10.1. The van der Waals surface area contributed by atoms with Crippen LogP contribution in [0.1, 0.15) is 35.2 Å². The van der Waals surface area contributed by atoms with Gasteiger partial charge in [-0.25, -0.2) is 0 Å². The number of likely N-dealkylation sites (tertiary alicyclic amines) is 1. The van der Waals surface area contributed by atoms with Crippen molar-refractivity contribution in [3.8, 4) is 0 Å². The van der Waals surface area contributed by atoms with Gasteiger partial charge in [-0.1, -0.05) is 66.7 Å². The van der Waals surface area contributed by atoms with E-state index in [2.05, 4.69) is 0 Å². The van der Waals surface area contributed by atoms with Crippen LogP contribution in [0.25, 0.3) is 10.9 Å². The minimum atomic E-state index is -0.602. The first-order valence-electron chi connectivity index (χ1n) is 12.4. The van der Waals surface area contributed by atoms with Crippen molar-refractivity contribution in [1.29, 1.82) is 0 Å². The molecule has 1 aromatic heterocycles. The number of hydrogen-bond acceptors (Lipinski definition) is 3. The number of piperidine rings is 1. The molecule has 0 saturated carbocycles. The Labute approximate surface area is 210 Å². The second-order valence-corrected chi connectivity index (χ2v) is 9.17. The fraction of sp³-hybridized carbons (Fsp3) is 0.233. The Morgan fingerprint density at radius 2 is 1.39 bits per heavy atom. The normalized spacial score (nSPS) is 13.5. The molecule has 36 heavy (non-hydrogen) atoms. The maximum absolute atomic E-state index is 13.7. The minimum Gasteiger partial charge on any atom is -0.341 e. The molecule has 0 unspecified atom stereocenters. The van der Waals surface area contributed by atoms with E-state index in [0.29, 0.717) is 16.6 Å². The molecule has 2 heterocycles. The summed E-state index contributed by atoms with van der Waals surface area (Å²) < 4.78 is 1.80. The molecule has 5 rings (SSSR count). The average molecular weight is 480 g/mol. The number of aromatic nitrogens is 1. The number of ketones is 1. The van der Waals surface area contributed by atoms with Gasteiger partial charge in [-0.05, 0) is 43.0 Å². The molecular formula is C30H29N3O3. The Morgan fingerprint density at radius 3 is 2.11 bits per heavy atom. The Hall–Kier alpha value is -4.19. The third kappa shape index (κ3) is 4.93. The first-order valence-corrected chi connectivity index (χ1v) is 12.4. The first kappa shape index (κ1) is 23.5. The highest BCUT2D eigenvalue weighted by Crippen LogP contribution is 2.25. The van der Waals surface area contributed by atoms with Crippen LogP contribution in [-0.2, 0) is 22.7 Å². The van der Waals surface area contributed by atoms with Crippen molar-refractivity contribution >= 4 is 34.2 Å². The number of Topliss-reactive ketones (excluding diaryl/α,β-unsaturated/α-hetero) is 1. The van der Waals surface area contributed by atoms with Gasteiger partial charge in [-0.2, -0.15) is 0 Å². The van der Waals surface area contributed by atoms with Gasteiger partial charge in [-0.15, -0.1) is 0 Å². The van der Waals surface area contributed by atoms with Gasteiger partial charge in [0.1, 0.15) is 6.54 Å². The Balaban J connectivity index is 1.46. The molecule has 0 N–H and O–H groups in total. The largest absolute Gasteiger partial charge is 0.341 e. The summed E-state index contributed by atoms with van der Waals surface area (Å²) in [6, 6.07) is 26.3. The SMILES string of the molecule is O=C(C(=O)N(Cc1ccccc1)c1ccccc1)c1cn(CC(=O)N2CCCCC2)c2ccccc12. The number of fused-ring (bicyclic) bond motifs is 1. The van der Waals surface area contributed by atoms with Crippen LogP contribution in [0.5, 0.6) is 0 Å². The van der Waals surface area contributed by atoms with Crippen molar-refractivity contribution in [3.05, 3.63) is 102 Å². The van der Waals surface area contributed by atoms with Gasteiger partial charge in [0.2, 0.25) is 5.91 Å². The molecule has 1 fully saturated rings. The topological polar surface area (TPSA) is 62.6 Å². The Morgan fingerprint density at radius 1 is 0.750 bits per heavy atom. The molecule has 1 aliphatic rings. The number of carbonyl (C=O) groups is 3. The number of rotatable bonds is 7. The monoisotopic (exact) mass is 479 g/mol. The fourth-order valence-electron chi connectivity index (χ4n) is 4.84. The number of amides is 2. The molecule has 0 spiro atoms. The molecule has 1 saturated heterocycles. The van der Waals surface area contributed by atoms with Crippen molar-refractivity contribution in [2.75, 3.05) is 18.0 Å². The summed E-state index contributed by atoms with van der Waals surface area (Å²) in [5, 5.41) is 0.676. The van der Waals surface area contributed by atoms with Crippen molar-refractivity contribution in [2.24, 2.45) is 0 Å². The van der Waals surface area contributed by atoms with Crippen molar-refractivity contribution in [1.82, 2.24) is 9.47 Å². The zero-order valence-electron chi connectivity index (χ0n) is 20.2. The van der Waals surface area contributed by atoms with Gasteiger partial charge in [0, 0.05) is 35.9 Å². The van der Waals surface area contributed by atoms with E-state index in [0.717, 1.165) is 43.4 Å². The lowest BCUT2D eigenvalue weighted by Gasteiger charge is -2.27. The summed E-state index contributed by atoms with van der Waals surface area (Å²) in [6.07, 6.45) is 4.86. The van der Waals surface area contributed by atoms with E-state index in [9.17, 15) is 14.4 Å². The summed E-state index contributed by atoms with van der Waals surface area (Å²) in [4.78, 5) is 43.7. The van der Waals surface area contributed by atoms with E-state index in [1.807, 2.05) is 89.8 Å². The zero-order valence-corrected chi connectivity index (χ0v) is 20.2. The molecule has 2 amide bonds. The van der Waals surface area contributed by atoms with Crippen LogP contribution in [0.3, 0.4) is 0 Å². The molecule has 182 valence electrons. The molecular weight excluding hydrogens is 450 g/mol. The van der Waals surface area contributed by atoms with Gasteiger partial charge < -0.3 is 14.4 Å². The summed E-state index contributed by atoms with van der Waals surface area (Å²) in [5.74, 6) is -1.15. The van der Waals surface area contributed by atoms with E-state index < -0.39 is 11.7 Å². The second-order valence-electron chi connectivity index (χ2n) is 9.17. The minimum absolute atomic E-state index is 0.0377. The molecule has 0 atom stereocenters. The molecule has 0 aliphatic carbocycles. The number of carbonyl (C=O) groups excluding carboxylic acids is 3. The summed E-state index contributed by atoms with van der Waals surface area (Å²) >= 11 is 0.